The number of nitrogens with zero attached hydrogens (tertiary/aromatic N) is 3. The average Bonchev–Trinajstić information content (AvgIpc) is 3.09. The molecule has 3 atom stereocenters. The molecule has 8 nitrogen and oxygen atoms in total. The molecule has 4 saturated carbocycles. The minimum atomic E-state index is -0.931. The Hall–Kier alpha value is -2.22. The standard InChI is InChI=1S/C19H22ClN5O3/c1-10(16(26)25-15-13-14(22-8-21-13)23-9-24-15)28-17(27)18-3-11-2-12(4-18)6-19(20,5-11)7-18/h8-12H,2-7H2,1H3,(H2,21,22,23,24,25,26)/t10-,11-,12-,18?,19?/m1/s1. The van der Waals surface area contributed by atoms with Gasteiger partial charge in [-0.05, 0) is 57.3 Å². The van der Waals surface area contributed by atoms with Gasteiger partial charge >= 0.3 is 5.97 Å². The van der Waals surface area contributed by atoms with Gasteiger partial charge in [0.05, 0.1) is 11.7 Å². The van der Waals surface area contributed by atoms with E-state index in [0.29, 0.717) is 35.2 Å². The molecule has 4 aliphatic carbocycles. The highest BCUT2D eigenvalue weighted by molar-refractivity contribution is 6.24. The van der Waals surface area contributed by atoms with Gasteiger partial charge in [-0.1, -0.05) is 0 Å². The Morgan fingerprint density at radius 2 is 2.00 bits per heavy atom. The number of carbonyl (C=O) groups excluding carboxylic acids is 2. The molecule has 4 aliphatic rings. The molecule has 2 aromatic heterocycles. The van der Waals surface area contributed by atoms with Crippen molar-refractivity contribution in [3.63, 3.8) is 0 Å². The summed E-state index contributed by atoms with van der Waals surface area (Å²) >= 11 is 6.81. The quantitative estimate of drug-likeness (QED) is 0.600. The number of esters is 1. The summed E-state index contributed by atoms with van der Waals surface area (Å²) in [7, 11) is 0. The Labute approximate surface area is 166 Å². The van der Waals surface area contributed by atoms with Gasteiger partial charge < -0.3 is 15.0 Å². The molecule has 28 heavy (non-hydrogen) atoms. The van der Waals surface area contributed by atoms with E-state index in [1.54, 1.807) is 6.92 Å². The summed E-state index contributed by atoms with van der Waals surface area (Å²) < 4.78 is 5.63. The van der Waals surface area contributed by atoms with Crippen LogP contribution in [0.3, 0.4) is 0 Å². The highest BCUT2D eigenvalue weighted by Crippen LogP contribution is 2.64. The van der Waals surface area contributed by atoms with Crippen LogP contribution >= 0.6 is 11.6 Å². The van der Waals surface area contributed by atoms with Gasteiger partial charge in [0.1, 0.15) is 11.8 Å². The number of aromatic nitrogens is 4. The summed E-state index contributed by atoms with van der Waals surface area (Å²) in [6.45, 7) is 1.58. The number of rotatable bonds is 4. The van der Waals surface area contributed by atoms with Crippen molar-refractivity contribution in [1.29, 1.82) is 0 Å². The van der Waals surface area contributed by atoms with Gasteiger partial charge in [-0.3, -0.25) is 9.59 Å². The number of hydrogen-bond donors (Lipinski definition) is 2. The molecule has 0 radical (unpaired) electrons. The molecule has 0 unspecified atom stereocenters. The summed E-state index contributed by atoms with van der Waals surface area (Å²) in [5.74, 6) is 0.567. The summed E-state index contributed by atoms with van der Waals surface area (Å²) in [5, 5.41) is 2.69. The highest BCUT2D eigenvalue weighted by atomic mass is 35.5. The van der Waals surface area contributed by atoms with E-state index >= 15 is 0 Å². The number of fused-ring (bicyclic) bond motifs is 1. The molecule has 0 aliphatic heterocycles. The number of anilines is 1. The summed E-state index contributed by atoms with van der Waals surface area (Å²) in [5.41, 5.74) is 0.446. The maximum atomic E-state index is 13.1. The Balaban J connectivity index is 1.29. The first kappa shape index (κ1) is 17.8. The fourth-order valence-electron chi connectivity index (χ4n) is 5.81. The van der Waals surface area contributed by atoms with Crippen LogP contribution < -0.4 is 5.32 Å². The number of H-pyrrole nitrogens is 1. The van der Waals surface area contributed by atoms with Crippen LogP contribution in [0.15, 0.2) is 12.7 Å². The number of amides is 1. The molecule has 0 saturated heterocycles. The van der Waals surface area contributed by atoms with Crippen molar-refractivity contribution in [3.05, 3.63) is 12.7 Å². The van der Waals surface area contributed by atoms with Gasteiger partial charge in [-0.15, -0.1) is 11.6 Å². The zero-order valence-electron chi connectivity index (χ0n) is 15.6. The van der Waals surface area contributed by atoms with Gasteiger partial charge in [0.2, 0.25) is 0 Å². The lowest BCUT2D eigenvalue weighted by Gasteiger charge is -2.58. The highest BCUT2D eigenvalue weighted by Gasteiger charge is 2.61. The van der Waals surface area contributed by atoms with Crippen LogP contribution in [0.1, 0.15) is 45.4 Å². The largest absolute Gasteiger partial charge is 0.452 e. The summed E-state index contributed by atoms with van der Waals surface area (Å²) in [6, 6.07) is 0. The number of halogens is 1. The fraction of sp³-hybridized carbons (Fsp3) is 0.632. The number of carbonyl (C=O) groups is 2. The second-order valence-electron chi connectivity index (χ2n) is 8.75. The first-order chi connectivity index (χ1) is 13.4. The number of ether oxygens (including phenoxy) is 1. The predicted octanol–water partition coefficient (Wildman–Crippen LogP) is 2.80. The average molecular weight is 404 g/mol. The minimum absolute atomic E-state index is 0.276. The second-order valence-corrected chi connectivity index (χ2v) is 9.55. The van der Waals surface area contributed by atoms with Crippen LogP contribution in [0.4, 0.5) is 5.82 Å². The van der Waals surface area contributed by atoms with Crippen LogP contribution in [0.5, 0.6) is 0 Å². The third kappa shape index (κ3) is 2.85. The van der Waals surface area contributed by atoms with E-state index in [4.69, 9.17) is 16.3 Å². The lowest BCUT2D eigenvalue weighted by Crippen LogP contribution is -2.57. The van der Waals surface area contributed by atoms with Crippen LogP contribution in [0.25, 0.3) is 11.2 Å². The van der Waals surface area contributed by atoms with E-state index in [0.717, 1.165) is 32.1 Å². The lowest BCUT2D eigenvalue weighted by atomic mass is 9.49. The number of hydrogen-bond acceptors (Lipinski definition) is 6. The molecular formula is C19H22ClN5O3. The monoisotopic (exact) mass is 403 g/mol. The van der Waals surface area contributed by atoms with Crippen molar-refractivity contribution >= 4 is 40.5 Å². The van der Waals surface area contributed by atoms with Crippen molar-refractivity contribution in [2.45, 2.75) is 56.4 Å². The summed E-state index contributed by atoms with van der Waals surface area (Å²) in [4.78, 5) is 40.4. The Morgan fingerprint density at radius 1 is 1.25 bits per heavy atom. The van der Waals surface area contributed by atoms with E-state index in [-0.39, 0.29) is 10.8 Å². The van der Waals surface area contributed by atoms with E-state index in [9.17, 15) is 9.59 Å². The molecule has 4 bridgehead atoms. The fourth-order valence-corrected chi connectivity index (χ4v) is 6.50. The topological polar surface area (TPSA) is 110 Å². The smallest absolute Gasteiger partial charge is 0.312 e. The zero-order valence-corrected chi connectivity index (χ0v) is 16.3. The zero-order chi connectivity index (χ0) is 19.5. The number of aromatic amines is 1. The van der Waals surface area contributed by atoms with Crippen LogP contribution in [0, 0.1) is 17.3 Å². The molecular weight excluding hydrogens is 382 g/mol. The van der Waals surface area contributed by atoms with E-state index in [1.807, 2.05) is 0 Å². The van der Waals surface area contributed by atoms with Crippen LogP contribution in [-0.4, -0.2) is 42.8 Å². The van der Waals surface area contributed by atoms with Crippen LogP contribution in [0.2, 0.25) is 0 Å². The molecule has 2 heterocycles. The van der Waals surface area contributed by atoms with Gasteiger partial charge in [-0.25, -0.2) is 15.0 Å². The van der Waals surface area contributed by atoms with Gasteiger partial charge in [0.25, 0.3) is 5.91 Å². The molecule has 2 N–H and O–H groups in total. The Bertz CT molecular complexity index is 946. The minimum Gasteiger partial charge on any atom is -0.452 e. The molecule has 4 fully saturated rings. The van der Waals surface area contributed by atoms with E-state index in [1.165, 1.54) is 12.7 Å². The number of nitrogens with one attached hydrogen (secondary N) is 2. The maximum Gasteiger partial charge on any atom is 0.312 e. The van der Waals surface area contributed by atoms with Crippen molar-refractivity contribution < 1.29 is 14.3 Å². The molecule has 0 aromatic carbocycles. The Morgan fingerprint density at radius 3 is 2.71 bits per heavy atom. The van der Waals surface area contributed by atoms with Crippen molar-refractivity contribution in [1.82, 2.24) is 19.9 Å². The third-order valence-electron chi connectivity index (χ3n) is 6.54. The normalized spacial score (nSPS) is 34.4. The molecule has 9 heteroatoms. The van der Waals surface area contributed by atoms with Crippen LogP contribution in [-0.2, 0) is 14.3 Å². The molecule has 2 aromatic rings. The third-order valence-corrected chi connectivity index (χ3v) is 6.98. The van der Waals surface area contributed by atoms with Crippen molar-refractivity contribution in [2.24, 2.45) is 17.3 Å². The first-order valence-corrected chi connectivity index (χ1v) is 10.1. The number of imidazole rings is 1. The maximum absolute atomic E-state index is 13.1. The van der Waals surface area contributed by atoms with E-state index in [2.05, 4.69) is 25.3 Å². The van der Waals surface area contributed by atoms with Gasteiger partial charge in [0, 0.05) is 4.87 Å². The summed E-state index contributed by atoms with van der Waals surface area (Å²) in [6.07, 6.45) is 7.32. The predicted molar refractivity (Wildman–Crippen MR) is 102 cm³/mol. The Kier molecular flexibility index (Phi) is 3.91. The van der Waals surface area contributed by atoms with E-state index < -0.39 is 17.4 Å². The molecule has 1 amide bonds. The first-order valence-electron chi connectivity index (χ1n) is 9.71. The molecule has 6 rings (SSSR count). The lowest BCUT2D eigenvalue weighted by molar-refractivity contribution is -0.176. The second kappa shape index (κ2) is 6.14. The van der Waals surface area contributed by atoms with Crippen molar-refractivity contribution in [2.75, 3.05) is 5.32 Å². The molecule has 148 valence electrons. The van der Waals surface area contributed by atoms with Crippen molar-refractivity contribution in [3.8, 4) is 0 Å². The van der Waals surface area contributed by atoms with Gasteiger partial charge in [0.15, 0.2) is 17.6 Å². The van der Waals surface area contributed by atoms with Gasteiger partial charge in [-0.2, -0.15) is 0 Å². The SMILES string of the molecule is C[C@@H](OC(=O)C12C[C@H]3C[C@@H](CC(Cl)(C3)C1)C2)C(=O)Nc1ncnc2nc[nH]c12. The molecule has 0 spiro atoms. The number of alkyl halides is 1.